The summed E-state index contributed by atoms with van der Waals surface area (Å²) < 4.78 is 0. The molecule has 0 fully saturated rings. The maximum Gasteiger partial charge on any atom is 2.00 e. The first kappa shape index (κ1) is 42.8. The van der Waals surface area contributed by atoms with Crippen molar-refractivity contribution in [2.24, 2.45) is 0 Å². The van der Waals surface area contributed by atoms with Crippen molar-refractivity contribution in [1.82, 2.24) is 0 Å². The van der Waals surface area contributed by atoms with E-state index >= 15 is 0 Å². The Morgan fingerprint density at radius 2 is 0.464 bits per heavy atom. The van der Waals surface area contributed by atoms with Crippen LogP contribution in [0.4, 0.5) is 0 Å². The quantitative estimate of drug-likeness (QED) is 0.358. The maximum absolute atomic E-state index is 4.47. The van der Waals surface area contributed by atoms with E-state index in [1.54, 1.807) is 0 Å². The average Bonchev–Trinajstić information content (AvgIpc) is 2.27. The second-order valence-electron chi connectivity index (χ2n) is 10.2. The van der Waals surface area contributed by atoms with Crippen molar-refractivity contribution in [2.75, 3.05) is 26.2 Å². The molecule has 4 N–H and O–H groups in total. The van der Waals surface area contributed by atoms with Gasteiger partial charge in [0.1, 0.15) is 0 Å². The van der Waals surface area contributed by atoms with Crippen LogP contribution in [0.2, 0.25) is 0 Å². The molecule has 0 amide bonds. The van der Waals surface area contributed by atoms with Crippen LogP contribution < -0.4 is 0 Å². The summed E-state index contributed by atoms with van der Waals surface area (Å²) in [5.74, 6) is 0. The zero-order valence-electron chi connectivity index (χ0n) is 20.2. The van der Waals surface area contributed by atoms with Gasteiger partial charge >= 0.3 is 34.1 Å². The van der Waals surface area contributed by atoms with E-state index < -0.39 is 0 Å². The van der Waals surface area contributed by atoms with Gasteiger partial charge in [-0.2, -0.15) is 26.2 Å². The molecule has 182 valence electrons. The Morgan fingerprint density at radius 1 is 0.357 bits per heavy atom. The van der Waals surface area contributed by atoms with Crippen LogP contribution in [0, 0.1) is 0 Å². The van der Waals surface area contributed by atoms with E-state index in [4.69, 9.17) is 0 Å². The minimum absolute atomic E-state index is 0. The molecule has 2 radical (unpaired) electrons. The first-order valence-electron chi connectivity index (χ1n) is 9.16. The fourth-order valence-corrected chi connectivity index (χ4v) is 1.54. The van der Waals surface area contributed by atoms with Gasteiger partial charge in [0.05, 0.1) is 0 Å². The molecule has 0 unspecified atom stereocenters. The molecule has 0 bridgehead atoms. The minimum atomic E-state index is 0. The Bertz CT molecular complexity index is 254. The van der Waals surface area contributed by atoms with Gasteiger partial charge in [-0.1, -0.05) is 83.1 Å². The summed E-state index contributed by atoms with van der Waals surface area (Å²) in [6, 6.07) is 0. The predicted octanol–water partition coefficient (Wildman–Crippen LogP) is 5.01. The third kappa shape index (κ3) is 50.5. The number of nitrogens with zero attached hydrogens (tertiary/aromatic N) is 4. The first-order chi connectivity index (χ1) is 10.4. The fraction of sp³-hybridized carbons (Fsp3) is 1.00. The van der Waals surface area contributed by atoms with Gasteiger partial charge in [0.25, 0.3) is 0 Å². The Morgan fingerprint density at radius 3 is 0.536 bits per heavy atom. The second kappa shape index (κ2) is 18.6. The molecule has 0 spiro atoms. The minimum Gasteiger partial charge on any atom is -0.659 e. The summed E-state index contributed by atoms with van der Waals surface area (Å²) in [7, 11) is 0. The normalized spacial score (nSPS) is 11.6. The van der Waals surface area contributed by atoms with Crippen LogP contribution >= 0.6 is 0 Å². The zero-order chi connectivity index (χ0) is 19.7. The number of hydrogen-bond donors (Lipinski definition) is 0. The van der Waals surface area contributed by atoms with Gasteiger partial charge in [-0.15, -0.1) is 22.2 Å². The van der Waals surface area contributed by atoms with Gasteiger partial charge in [0.15, 0.2) is 0 Å². The Labute approximate surface area is 197 Å². The first-order valence-corrected chi connectivity index (χ1v) is 9.16. The molecule has 0 atom stereocenters. The van der Waals surface area contributed by atoms with E-state index in [2.05, 4.69) is 104 Å². The summed E-state index contributed by atoms with van der Waals surface area (Å²) in [5.41, 5.74) is 0.363. The van der Waals surface area contributed by atoms with Crippen molar-refractivity contribution >= 4 is 0 Å². The van der Waals surface area contributed by atoms with Gasteiger partial charge in [-0.05, 0) is 0 Å². The van der Waals surface area contributed by atoms with Crippen LogP contribution in [0.3, 0.4) is 0 Å². The Hall–Kier alpha value is 0.799. The van der Waals surface area contributed by atoms with E-state index in [1.807, 2.05) is 0 Å². The molecule has 0 aromatic carbocycles. The summed E-state index contributed by atoms with van der Waals surface area (Å²) >= 11 is 0. The molecule has 8 heteroatoms. The van der Waals surface area contributed by atoms with Crippen molar-refractivity contribution in [3.05, 3.63) is 21.3 Å². The van der Waals surface area contributed by atoms with Gasteiger partial charge < -0.3 is 32.2 Å². The third-order valence-electron chi connectivity index (χ3n) is 2.54. The molecule has 0 rings (SSSR count). The SMILES string of the molecule is CC(C)(C)[N-]CC[N-]C(C)(C)C.CC(C)(C)[N-]CC[N-]C(C)(C)C.O.O.[Cu+2].[Cu+2]. The van der Waals surface area contributed by atoms with Crippen molar-refractivity contribution in [3.63, 3.8) is 0 Å². The van der Waals surface area contributed by atoms with E-state index in [1.165, 1.54) is 0 Å². The Balaban J connectivity index is -0.0000000756. The van der Waals surface area contributed by atoms with Crippen LogP contribution in [-0.2, 0) is 34.1 Å². The molecule has 0 heterocycles. The average molecular weight is 504 g/mol. The van der Waals surface area contributed by atoms with Crippen LogP contribution in [0.5, 0.6) is 0 Å². The summed E-state index contributed by atoms with van der Waals surface area (Å²) in [6.45, 7) is 28.8. The van der Waals surface area contributed by atoms with Crippen molar-refractivity contribution in [2.45, 2.75) is 105 Å². The van der Waals surface area contributed by atoms with Crippen LogP contribution in [-0.4, -0.2) is 59.3 Å². The van der Waals surface area contributed by atoms with Gasteiger partial charge in [-0.25, -0.2) is 0 Å². The molecule has 0 saturated carbocycles. The molecule has 0 aliphatic rings. The van der Waals surface area contributed by atoms with Gasteiger partial charge in [0, 0.05) is 0 Å². The molecule has 0 aromatic rings. The number of hydrogen-bond acceptors (Lipinski definition) is 0. The molecular weight excluding hydrogens is 455 g/mol. The van der Waals surface area contributed by atoms with Crippen LogP contribution in [0.25, 0.3) is 21.3 Å². The van der Waals surface area contributed by atoms with Gasteiger partial charge in [0.2, 0.25) is 0 Å². The smallest absolute Gasteiger partial charge is 0.659 e. The van der Waals surface area contributed by atoms with Crippen LogP contribution in [0.1, 0.15) is 83.1 Å². The molecule has 0 saturated heterocycles. The third-order valence-corrected chi connectivity index (χ3v) is 2.54. The zero-order valence-corrected chi connectivity index (χ0v) is 22.1. The van der Waals surface area contributed by atoms with E-state index in [9.17, 15) is 0 Å². The summed E-state index contributed by atoms with van der Waals surface area (Å²) in [4.78, 5) is 0. The summed E-state index contributed by atoms with van der Waals surface area (Å²) in [5, 5.41) is 17.9. The van der Waals surface area contributed by atoms with Crippen molar-refractivity contribution in [1.29, 1.82) is 0 Å². The van der Waals surface area contributed by atoms with Crippen molar-refractivity contribution in [3.8, 4) is 0 Å². The maximum atomic E-state index is 4.47. The standard InChI is InChI=1S/2C10H22N2.2Cu.2H2O/c2*1-9(2,3)11-7-8-12-10(4,5)6;;;;/h2*7-8H2,1-6H3;;;2*1H2/q2*-2;2*+2;;. The topological polar surface area (TPSA) is 119 Å². The van der Waals surface area contributed by atoms with E-state index in [0.717, 1.165) is 26.2 Å². The largest absolute Gasteiger partial charge is 2.00 e. The van der Waals surface area contributed by atoms with E-state index in [0.29, 0.717) is 0 Å². The van der Waals surface area contributed by atoms with E-state index in [-0.39, 0.29) is 67.2 Å². The summed E-state index contributed by atoms with van der Waals surface area (Å²) in [6.07, 6.45) is 0. The molecule has 6 nitrogen and oxygen atoms in total. The molecule has 0 aromatic heterocycles. The number of rotatable bonds is 6. The molecule has 28 heavy (non-hydrogen) atoms. The predicted molar refractivity (Wildman–Crippen MR) is 119 cm³/mol. The second-order valence-corrected chi connectivity index (χ2v) is 10.2. The molecular formula is C20H48Cu2N4O2. The molecule has 0 aliphatic carbocycles. The van der Waals surface area contributed by atoms with Gasteiger partial charge in [-0.3, -0.25) is 0 Å². The monoisotopic (exact) mass is 502 g/mol. The molecule has 0 aliphatic heterocycles. The van der Waals surface area contributed by atoms with Crippen LogP contribution in [0.15, 0.2) is 0 Å². The fourth-order valence-electron chi connectivity index (χ4n) is 1.54. The Kier molecular flexibility index (Phi) is 28.4. The van der Waals surface area contributed by atoms with Crippen molar-refractivity contribution < 1.29 is 45.1 Å².